The van der Waals surface area contributed by atoms with E-state index in [0.29, 0.717) is 0 Å². The number of rotatable bonds is 4. The number of nitrogens with zero attached hydrogens (tertiary/aromatic N) is 4. The predicted molar refractivity (Wildman–Crippen MR) is 102 cm³/mol. The zero-order chi connectivity index (χ0) is 18.1. The van der Waals surface area contributed by atoms with E-state index in [0.717, 1.165) is 39.6 Å². The van der Waals surface area contributed by atoms with Crippen LogP contribution in [0.4, 0.5) is 0 Å². The number of hydrogen-bond donors (Lipinski definition) is 0. The molecule has 0 saturated carbocycles. The molecule has 0 fully saturated rings. The molecule has 0 aliphatic heterocycles. The van der Waals surface area contributed by atoms with Crippen LogP contribution in [0, 0.1) is 6.92 Å². The molecular formula is C21H20N4O. The molecule has 3 aromatic heterocycles. The molecule has 0 aliphatic rings. The third-order valence-electron chi connectivity index (χ3n) is 4.11. The molecule has 0 amide bonds. The first-order chi connectivity index (χ1) is 12.6. The van der Waals surface area contributed by atoms with Gasteiger partial charge < -0.3 is 4.74 Å². The van der Waals surface area contributed by atoms with Gasteiger partial charge in [-0.05, 0) is 68.3 Å². The SMILES string of the molecule is Cc1ccc(-c2nnc3ccc(-c4cccc(OC(C)C)c4)cn23)cn1. The molecule has 26 heavy (non-hydrogen) atoms. The summed E-state index contributed by atoms with van der Waals surface area (Å²) in [5, 5.41) is 8.60. The molecule has 4 rings (SSSR count). The fraction of sp³-hybridized carbons (Fsp3) is 0.190. The Labute approximate surface area is 152 Å². The van der Waals surface area contributed by atoms with Crippen LogP contribution in [-0.2, 0) is 0 Å². The van der Waals surface area contributed by atoms with Crippen molar-refractivity contribution in [3.8, 4) is 28.3 Å². The van der Waals surface area contributed by atoms with Crippen LogP contribution in [0.5, 0.6) is 5.75 Å². The summed E-state index contributed by atoms with van der Waals surface area (Å²) in [4.78, 5) is 4.36. The van der Waals surface area contributed by atoms with E-state index in [4.69, 9.17) is 4.74 Å². The summed E-state index contributed by atoms with van der Waals surface area (Å²) in [6.07, 6.45) is 4.03. The van der Waals surface area contributed by atoms with Gasteiger partial charge >= 0.3 is 0 Å². The van der Waals surface area contributed by atoms with Crippen LogP contribution in [0.2, 0.25) is 0 Å². The van der Waals surface area contributed by atoms with Gasteiger partial charge in [-0.15, -0.1) is 10.2 Å². The van der Waals surface area contributed by atoms with Crippen molar-refractivity contribution in [3.05, 3.63) is 66.6 Å². The van der Waals surface area contributed by atoms with E-state index in [1.807, 2.05) is 61.7 Å². The van der Waals surface area contributed by atoms with Crippen molar-refractivity contribution >= 4 is 5.65 Å². The van der Waals surface area contributed by atoms with E-state index in [9.17, 15) is 0 Å². The minimum Gasteiger partial charge on any atom is -0.491 e. The maximum atomic E-state index is 5.81. The number of hydrogen-bond acceptors (Lipinski definition) is 4. The summed E-state index contributed by atoms with van der Waals surface area (Å²) in [6.45, 7) is 6.02. The van der Waals surface area contributed by atoms with Crippen molar-refractivity contribution in [1.82, 2.24) is 19.6 Å². The predicted octanol–water partition coefficient (Wildman–Crippen LogP) is 4.55. The minimum absolute atomic E-state index is 0.145. The highest BCUT2D eigenvalue weighted by Gasteiger charge is 2.10. The molecule has 0 atom stereocenters. The smallest absolute Gasteiger partial charge is 0.169 e. The molecular weight excluding hydrogens is 324 g/mol. The van der Waals surface area contributed by atoms with Gasteiger partial charge in [-0.1, -0.05) is 12.1 Å². The van der Waals surface area contributed by atoms with Gasteiger partial charge in [-0.3, -0.25) is 9.38 Å². The van der Waals surface area contributed by atoms with Crippen LogP contribution >= 0.6 is 0 Å². The molecule has 0 saturated heterocycles. The Kier molecular flexibility index (Phi) is 4.13. The summed E-state index contributed by atoms with van der Waals surface area (Å²) < 4.78 is 7.81. The fourth-order valence-corrected chi connectivity index (χ4v) is 2.88. The van der Waals surface area contributed by atoms with Gasteiger partial charge in [0.05, 0.1) is 6.10 Å². The molecule has 0 bridgehead atoms. The van der Waals surface area contributed by atoms with E-state index in [-0.39, 0.29) is 6.10 Å². The maximum Gasteiger partial charge on any atom is 0.169 e. The van der Waals surface area contributed by atoms with Crippen LogP contribution in [0.25, 0.3) is 28.2 Å². The Hall–Kier alpha value is -3.21. The Morgan fingerprint density at radius 3 is 2.54 bits per heavy atom. The van der Waals surface area contributed by atoms with Gasteiger partial charge in [0, 0.05) is 23.7 Å². The summed E-state index contributed by atoms with van der Waals surface area (Å²) in [6, 6.07) is 16.1. The molecule has 0 radical (unpaired) electrons. The number of ether oxygens (including phenoxy) is 1. The Bertz CT molecular complexity index is 1050. The van der Waals surface area contributed by atoms with Crippen molar-refractivity contribution < 1.29 is 4.74 Å². The van der Waals surface area contributed by atoms with Crippen LogP contribution < -0.4 is 4.74 Å². The largest absolute Gasteiger partial charge is 0.491 e. The molecule has 3 heterocycles. The second-order valence-corrected chi connectivity index (χ2v) is 6.55. The third kappa shape index (κ3) is 3.16. The lowest BCUT2D eigenvalue weighted by molar-refractivity contribution is 0.242. The summed E-state index contributed by atoms with van der Waals surface area (Å²) >= 11 is 0. The molecule has 0 unspecified atom stereocenters. The summed E-state index contributed by atoms with van der Waals surface area (Å²) in [7, 11) is 0. The van der Waals surface area contributed by atoms with Gasteiger partial charge in [0.15, 0.2) is 11.5 Å². The third-order valence-corrected chi connectivity index (χ3v) is 4.11. The van der Waals surface area contributed by atoms with Crippen molar-refractivity contribution in [2.24, 2.45) is 0 Å². The van der Waals surface area contributed by atoms with Crippen LogP contribution in [0.3, 0.4) is 0 Å². The van der Waals surface area contributed by atoms with Gasteiger partial charge in [-0.25, -0.2) is 0 Å². The second kappa shape index (κ2) is 6.59. The lowest BCUT2D eigenvalue weighted by atomic mass is 10.1. The highest BCUT2D eigenvalue weighted by Crippen LogP contribution is 2.26. The average molecular weight is 344 g/mol. The van der Waals surface area contributed by atoms with Crippen molar-refractivity contribution in [3.63, 3.8) is 0 Å². The monoisotopic (exact) mass is 344 g/mol. The van der Waals surface area contributed by atoms with Crippen LogP contribution in [-0.4, -0.2) is 25.7 Å². The van der Waals surface area contributed by atoms with Gasteiger partial charge in [0.25, 0.3) is 0 Å². The van der Waals surface area contributed by atoms with Gasteiger partial charge in [0.1, 0.15) is 5.75 Å². The first kappa shape index (κ1) is 16.3. The van der Waals surface area contributed by atoms with E-state index in [2.05, 4.69) is 39.6 Å². The normalized spacial score (nSPS) is 11.2. The highest BCUT2D eigenvalue weighted by atomic mass is 16.5. The minimum atomic E-state index is 0.145. The lowest BCUT2D eigenvalue weighted by Gasteiger charge is -2.11. The zero-order valence-corrected chi connectivity index (χ0v) is 15.0. The maximum absolute atomic E-state index is 5.81. The van der Waals surface area contributed by atoms with E-state index >= 15 is 0 Å². The molecule has 0 spiro atoms. The standard InChI is InChI=1S/C21H20N4O/c1-14(2)26-19-6-4-5-16(11-19)18-9-10-20-23-24-21(25(20)13-18)17-8-7-15(3)22-12-17/h4-14H,1-3H3. The van der Waals surface area contributed by atoms with Crippen molar-refractivity contribution in [1.29, 1.82) is 0 Å². The Morgan fingerprint density at radius 1 is 0.923 bits per heavy atom. The van der Waals surface area contributed by atoms with Gasteiger partial charge in [-0.2, -0.15) is 0 Å². The van der Waals surface area contributed by atoms with Gasteiger partial charge in [0.2, 0.25) is 0 Å². The Morgan fingerprint density at radius 2 is 1.77 bits per heavy atom. The second-order valence-electron chi connectivity index (χ2n) is 6.55. The Balaban J connectivity index is 1.78. The fourth-order valence-electron chi connectivity index (χ4n) is 2.88. The number of aryl methyl sites for hydroxylation is 1. The van der Waals surface area contributed by atoms with Crippen molar-refractivity contribution in [2.45, 2.75) is 26.9 Å². The van der Waals surface area contributed by atoms with E-state index in [1.54, 1.807) is 0 Å². The number of aromatic nitrogens is 4. The number of fused-ring (bicyclic) bond motifs is 1. The number of benzene rings is 1. The van der Waals surface area contributed by atoms with E-state index < -0.39 is 0 Å². The molecule has 5 nitrogen and oxygen atoms in total. The average Bonchev–Trinajstić information content (AvgIpc) is 3.05. The summed E-state index contributed by atoms with van der Waals surface area (Å²) in [5.41, 5.74) is 4.89. The highest BCUT2D eigenvalue weighted by molar-refractivity contribution is 5.68. The molecule has 130 valence electrons. The molecule has 1 aromatic carbocycles. The first-order valence-corrected chi connectivity index (χ1v) is 8.65. The zero-order valence-electron chi connectivity index (χ0n) is 15.0. The van der Waals surface area contributed by atoms with Crippen LogP contribution in [0.1, 0.15) is 19.5 Å². The summed E-state index contributed by atoms with van der Waals surface area (Å²) in [5.74, 6) is 1.65. The molecule has 5 heteroatoms. The molecule has 4 aromatic rings. The molecule has 0 aliphatic carbocycles. The first-order valence-electron chi connectivity index (χ1n) is 8.65. The van der Waals surface area contributed by atoms with Crippen LogP contribution in [0.15, 0.2) is 60.9 Å². The lowest BCUT2D eigenvalue weighted by Crippen LogP contribution is -2.05. The van der Waals surface area contributed by atoms with E-state index in [1.165, 1.54) is 0 Å². The van der Waals surface area contributed by atoms with Crippen molar-refractivity contribution in [2.75, 3.05) is 0 Å². The quantitative estimate of drug-likeness (QED) is 0.545. The topological polar surface area (TPSA) is 52.3 Å². The molecule has 0 N–H and O–H groups in total. The number of pyridine rings is 2.